The monoisotopic (exact) mass is 332 g/mol. The summed E-state index contributed by atoms with van der Waals surface area (Å²) in [7, 11) is 1.35. The van der Waals surface area contributed by atoms with Crippen molar-refractivity contribution in [2.45, 2.75) is 51.1 Å². The Morgan fingerprint density at radius 1 is 1.17 bits per heavy atom. The molecule has 0 radical (unpaired) electrons. The summed E-state index contributed by atoms with van der Waals surface area (Å²) in [6.45, 7) is 4.19. The maximum atomic E-state index is 12.4. The first-order chi connectivity index (χ1) is 11.6. The largest absolute Gasteiger partial charge is 0.467 e. The molecule has 1 N–H and O–H groups in total. The number of amides is 1. The van der Waals surface area contributed by atoms with Gasteiger partial charge in [0.25, 0.3) is 0 Å². The Morgan fingerprint density at radius 3 is 2.46 bits per heavy atom. The molecule has 1 aromatic carbocycles. The number of esters is 1. The highest BCUT2D eigenvalue weighted by Gasteiger charge is 2.24. The lowest BCUT2D eigenvalue weighted by molar-refractivity contribution is -0.145. The highest BCUT2D eigenvalue weighted by Crippen LogP contribution is 2.14. The van der Waals surface area contributed by atoms with Crippen LogP contribution in [-0.2, 0) is 20.7 Å². The Hall–Kier alpha value is -1.88. The van der Waals surface area contributed by atoms with Gasteiger partial charge in [-0.1, -0.05) is 36.8 Å². The van der Waals surface area contributed by atoms with Gasteiger partial charge in [0.1, 0.15) is 6.04 Å². The average molecular weight is 332 g/mol. The van der Waals surface area contributed by atoms with Gasteiger partial charge in [-0.2, -0.15) is 0 Å². The van der Waals surface area contributed by atoms with E-state index in [0.717, 1.165) is 18.7 Å². The molecule has 2 rings (SSSR count). The van der Waals surface area contributed by atoms with Crippen LogP contribution in [0.5, 0.6) is 0 Å². The highest BCUT2D eigenvalue weighted by atomic mass is 16.5. The zero-order valence-corrected chi connectivity index (χ0v) is 14.7. The van der Waals surface area contributed by atoms with Crippen molar-refractivity contribution in [3.05, 3.63) is 35.9 Å². The molecular formula is C19H28N2O3. The minimum Gasteiger partial charge on any atom is -0.467 e. The molecule has 132 valence electrons. The molecule has 0 bridgehead atoms. The molecule has 2 atom stereocenters. The molecule has 0 spiro atoms. The van der Waals surface area contributed by atoms with Crippen molar-refractivity contribution in [1.29, 1.82) is 0 Å². The van der Waals surface area contributed by atoms with E-state index in [2.05, 4.69) is 17.1 Å². The van der Waals surface area contributed by atoms with Gasteiger partial charge in [-0.3, -0.25) is 4.79 Å². The fourth-order valence-electron chi connectivity index (χ4n) is 3.20. The lowest BCUT2D eigenvalue weighted by atomic mass is 10.0. The topological polar surface area (TPSA) is 58.6 Å². The summed E-state index contributed by atoms with van der Waals surface area (Å²) in [5, 5.41) is 2.85. The van der Waals surface area contributed by atoms with Crippen molar-refractivity contribution in [3.63, 3.8) is 0 Å². The zero-order valence-electron chi connectivity index (χ0n) is 14.7. The van der Waals surface area contributed by atoms with E-state index < -0.39 is 12.0 Å². The Bertz CT molecular complexity index is 527. The van der Waals surface area contributed by atoms with Crippen molar-refractivity contribution in [3.8, 4) is 0 Å². The third kappa shape index (κ3) is 5.64. The summed E-state index contributed by atoms with van der Waals surface area (Å²) in [6, 6.07) is 9.21. The molecule has 5 heteroatoms. The number of nitrogens with one attached hydrogen (secondary N) is 1. The fraction of sp³-hybridized carbons (Fsp3) is 0.579. The van der Waals surface area contributed by atoms with Crippen molar-refractivity contribution in [2.75, 3.05) is 20.2 Å². The first-order valence-electron chi connectivity index (χ1n) is 8.75. The van der Waals surface area contributed by atoms with Gasteiger partial charge in [-0.25, -0.2) is 4.79 Å². The predicted molar refractivity (Wildman–Crippen MR) is 93.6 cm³/mol. The minimum absolute atomic E-state index is 0.0978. The van der Waals surface area contributed by atoms with E-state index in [1.807, 2.05) is 30.3 Å². The van der Waals surface area contributed by atoms with Crippen LogP contribution in [0.1, 0.15) is 38.2 Å². The van der Waals surface area contributed by atoms with Crippen LogP contribution in [0.2, 0.25) is 0 Å². The second kappa shape index (κ2) is 9.42. The summed E-state index contributed by atoms with van der Waals surface area (Å²) >= 11 is 0. The molecule has 0 aliphatic carbocycles. The predicted octanol–water partition coefficient (Wildman–Crippen LogP) is 2.15. The summed E-state index contributed by atoms with van der Waals surface area (Å²) in [5.74, 6) is -0.503. The van der Waals surface area contributed by atoms with Crippen LogP contribution >= 0.6 is 0 Å². The molecule has 1 saturated heterocycles. The SMILES string of the molecule is COC(=O)C(Cc1ccccc1)NC(=O)C[C@@H](C)N1CCCCC1. The Labute approximate surface area is 144 Å². The van der Waals surface area contributed by atoms with Crippen LogP contribution in [0, 0.1) is 0 Å². The fourth-order valence-corrected chi connectivity index (χ4v) is 3.20. The maximum Gasteiger partial charge on any atom is 0.328 e. The summed E-state index contributed by atoms with van der Waals surface area (Å²) in [4.78, 5) is 26.7. The second-order valence-electron chi connectivity index (χ2n) is 6.48. The third-order valence-electron chi connectivity index (χ3n) is 4.60. The molecule has 1 aromatic rings. The number of hydrogen-bond acceptors (Lipinski definition) is 4. The van der Waals surface area contributed by atoms with Gasteiger partial charge in [0.05, 0.1) is 7.11 Å². The maximum absolute atomic E-state index is 12.4. The molecule has 24 heavy (non-hydrogen) atoms. The van der Waals surface area contributed by atoms with Crippen molar-refractivity contribution in [2.24, 2.45) is 0 Å². The molecule has 1 aliphatic rings. The highest BCUT2D eigenvalue weighted by molar-refractivity contribution is 5.84. The summed E-state index contributed by atoms with van der Waals surface area (Å²) in [6.07, 6.45) is 4.52. The van der Waals surface area contributed by atoms with Crippen LogP contribution in [-0.4, -0.2) is 49.1 Å². The number of carbonyl (C=O) groups is 2. The molecule has 5 nitrogen and oxygen atoms in total. The number of benzene rings is 1. The van der Waals surface area contributed by atoms with E-state index in [4.69, 9.17) is 4.74 Å². The molecule has 0 aromatic heterocycles. The van der Waals surface area contributed by atoms with E-state index in [9.17, 15) is 9.59 Å². The first-order valence-corrected chi connectivity index (χ1v) is 8.75. The normalized spacial score (nSPS) is 17.8. The number of piperidine rings is 1. The molecule has 1 amide bonds. The molecular weight excluding hydrogens is 304 g/mol. The molecule has 0 saturated carbocycles. The number of nitrogens with zero attached hydrogens (tertiary/aromatic N) is 1. The van der Waals surface area contributed by atoms with E-state index in [1.54, 1.807) is 0 Å². The summed E-state index contributed by atoms with van der Waals surface area (Å²) in [5.41, 5.74) is 0.997. The van der Waals surface area contributed by atoms with Crippen molar-refractivity contribution < 1.29 is 14.3 Å². The van der Waals surface area contributed by atoms with Crippen LogP contribution in [0.4, 0.5) is 0 Å². The van der Waals surface area contributed by atoms with E-state index in [1.165, 1.54) is 26.4 Å². The number of methoxy groups -OCH3 is 1. The zero-order chi connectivity index (χ0) is 17.4. The van der Waals surface area contributed by atoms with E-state index in [-0.39, 0.29) is 11.9 Å². The number of rotatable bonds is 7. The van der Waals surface area contributed by atoms with Gasteiger partial charge in [0, 0.05) is 18.9 Å². The molecule has 1 fully saturated rings. The standard InChI is InChI=1S/C19H28N2O3/c1-15(21-11-7-4-8-12-21)13-18(22)20-17(19(23)24-2)14-16-9-5-3-6-10-16/h3,5-6,9-10,15,17H,4,7-8,11-14H2,1-2H3,(H,20,22)/t15-,17?/m1/s1. The van der Waals surface area contributed by atoms with Crippen molar-refractivity contribution >= 4 is 11.9 Å². The third-order valence-corrected chi connectivity index (χ3v) is 4.60. The molecule has 1 aliphatic heterocycles. The van der Waals surface area contributed by atoms with E-state index >= 15 is 0 Å². The van der Waals surface area contributed by atoms with Crippen LogP contribution in [0.15, 0.2) is 30.3 Å². The van der Waals surface area contributed by atoms with Gasteiger partial charge in [0.15, 0.2) is 0 Å². The van der Waals surface area contributed by atoms with E-state index in [0.29, 0.717) is 12.8 Å². The van der Waals surface area contributed by atoms with Crippen molar-refractivity contribution in [1.82, 2.24) is 10.2 Å². The summed E-state index contributed by atoms with van der Waals surface area (Å²) < 4.78 is 4.84. The Balaban J connectivity index is 1.90. The van der Waals surface area contributed by atoms with Gasteiger partial charge in [-0.05, 0) is 38.4 Å². The Morgan fingerprint density at radius 2 is 1.83 bits per heavy atom. The minimum atomic E-state index is -0.640. The first kappa shape index (κ1) is 18.5. The van der Waals surface area contributed by atoms with Gasteiger partial charge in [-0.15, -0.1) is 0 Å². The van der Waals surface area contributed by atoms with Gasteiger partial charge in [0.2, 0.25) is 5.91 Å². The molecule has 1 heterocycles. The number of hydrogen-bond donors (Lipinski definition) is 1. The van der Waals surface area contributed by atoms with Gasteiger partial charge >= 0.3 is 5.97 Å². The molecule has 1 unspecified atom stereocenters. The number of likely N-dealkylation sites (tertiary alicyclic amines) is 1. The van der Waals surface area contributed by atoms with Gasteiger partial charge < -0.3 is 15.0 Å². The second-order valence-corrected chi connectivity index (χ2v) is 6.48. The smallest absolute Gasteiger partial charge is 0.328 e. The number of carbonyl (C=O) groups excluding carboxylic acids is 2. The lowest BCUT2D eigenvalue weighted by Gasteiger charge is -2.32. The van der Waals surface area contributed by atoms with Crippen LogP contribution < -0.4 is 5.32 Å². The quantitative estimate of drug-likeness (QED) is 0.777. The Kier molecular flexibility index (Phi) is 7.25. The average Bonchev–Trinajstić information content (AvgIpc) is 2.62. The van der Waals surface area contributed by atoms with Crippen LogP contribution in [0.25, 0.3) is 0 Å². The lowest BCUT2D eigenvalue weighted by Crippen LogP contribution is -2.46. The van der Waals surface area contributed by atoms with Crippen LogP contribution in [0.3, 0.4) is 0 Å². The number of ether oxygens (including phenoxy) is 1.